The molecule has 0 bridgehead atoms. The number of nitrogen functional groups attached to an aromatic ring is 1. The van der Waals surface area contributed by atoms with Crippen LogP contribution in [-0.4, -0.2) is 118 Å². The predicted molar refractivity (Wildman–Crippen MR) is 150 cm³/mol. The molecule has 216 valence electrons. The van der Waals surface area contributed by atoms with Crippen LogP contribution in [0.4, 0.5) is 16.6 Å². The molecule has 0 aliphatic carbocycles. The lowest BCUT2D eigenvalue weighted by molar-refractivity contribution is -0.141. The maximum atomic E-state index is 13.2. The Morgan fingerprint density at radius 2 is 1.83 bits per heavy atom. The first kappa shape index (κ1) is 27.2. The number of morpholine rings is 1. The van der Waals surface area contributed by atoms with Gasteiger partial charge in [0.1, 0.15) is 6.04 Å². The van der Waals surface area contributed by atoms with Crippen LogP contribution in [0.3, 0.4) is 0 Å². The second kappa shape index (κ2) is 11.5. The Morgan fingerprint density at radius 3 is 2.54 bits per heavy atom. The molecule has 3 aromatic heterocycles. The molecule has 14 nitrogen and oxygen atoms in total. The molecule has 3 aliphatic heterocycles. The van der Waals surface area contributed by atoms with Crippen molar-refractivity contribution in [2.75, 3.05) is 70.2 Å². The number of rotatable bonds is 5. The zero-order chi connectivity index (χ0) is 28.5. The zero-order valence-electron chi connectivity index (χ0n) is 22.7. The third-order valence-electron chi connectivity index (χ3n) is 7.58. The zero-order valence-corrected chi connectivity index (χ0v) is 23.5. The van der Waals surface area contributed by atoms with Gasteiger partial charge in [-0.3, -0.25) is 14.5 Å². The van der Waals surface area contributed by atoms with E-state index in [0.717, 1.165) is 38.9 Å². The van der Waals surface area contributed by atoms with Crippen molar-refractivity contribution >= 4 is 51.2 Å². The molecule has 3 saturated heterocycles. The van der Waals surface area contributed by atoms with Gasteiger partial charge in [0.2, 0.25) is 17.8 Å². The Labute approximate surface area is 240 Å². The van der Waals surface area contributed by atoms with Crippen LogP contribution in [0.2, 0.25) is 0 Å². The minimum atomic E-state index is -0.790. The van der Waals surface area contributed by atoms with Crippen LogP contribution >= 0.6 is 11.3 Å². The fourth-order valence-electron chi connectivity index (χ4n) is 5.42. The van der Waals surface area contributed by atoms with E-state index >= 15 is 0 Å². The number of ether oxygens (including phenoxy) is 2. The Hall–Kier alpha value is -3.95. The first-order chi connectivity index (χ1) is 19.9. The summed E-state index contributed by atoms with van der Waals surface area (Å²) >= 11 is 1.67. The van der Waals surface area contributed by atoms with Crippen LogP contribution in [0.5, 0.6) is 0 Å². The van der Waals surface area contributed by atoms with Gasteiger partial charge in [0, 0.05) is 69.5 Å². The van der Waals surface area contributed by atoms with Crippen molar-refractivity contribution in [2.45, 2.75) is 25.4 Å². The summed E-state index contributed by atoms with van der Waals surface area (Å²) in [4.78, 5) is 63.7. The van der Waals surface area contributed by atoms with Crippen molar-refractivity contribution in [1.82, 2.24) is 34.6 Å². The monoisotopic (exact) mass is 581 g/mol. The van der Waals surface area contributed by atoms with Crippen molar-refractivity contribution in [3.05, 3.63) is 23.3 Å². The van der Waals surface area contributed by atoms with Gasteiger partial charge in [-0.15, -0.1) is 11.3 Å². The van der Waals surface area contributed by atoms with Gasteiger partial charge >= 0.3 is 6.09 Å². The van der Waals surface area contributed by atoms with Crippen LogP contribution < -0.4 is 10.6 Å². The number of aromatic nitrogens is 4. The van der Waals surface area contributed by atoms with Crippen molar-refractivity contribution in [2.24, 2.45) is 0 Å². The van der Waals surface area contributed by atoms with Crippen molar-refractivity contribution in [3.8, 4) is 11.4 Å². The van der Waals surface area contributed by atoms with Crippen LogP contribution in [0.25, 0.3) is 21.6 Å². The number of carbonyl (C=O) groups excluding carboxylic acids is 3. The molecule has 0 radical (unpaired) electrons. The molecule has 41 heavy (non-hydrogen) atoms. The van der Waals surface area contributed by atoms with Crippen LogP contribution in [-0.2, 0) is 25.6 Å². The van der Waals surface area contributed by atoms with Gasteiger partial charge in [0.05, 0.1) is 36.1 Å². The van der Waals surface area contributed by atoms with Gasteiger partial charge in [-0.1, -0.05) is 0 Å². The molecule has 3 aliphatic rings. The molecule has 3 fully saturated rings. The number of hydrogen-bond donors (Lipinski definition) is 1. The third-order valence-corrected chi connectivity index (χ3v) is 8.68. The molecular weight excluding hydrogens is 550 g/mol. The maximum Gasteiger partial charge on any atom is 0.416 e. The second-order valence-corrected chi connectivity index (χ2v) is 11.3. The highest BCUT2D eigenvalue weighted by molar-refractivity contribution is 7.19. The summed E-state index contributed by atoms with van der Waals surface area (Å²) in [7, 11) is 1.21. The Balaban J connectivity index is 1.17. The van der Waals surface area contributed by atoms with E-state index in [4.69, 9.17) is 25.2 Å². The highest BCUT2D eigenvalue weighted by Crippen LogP contribution is 2.35. The first-order valence-electron chi connectivity index (χ1n) is 13.5. The molecule has 3 amide bonds. The van der Waals surface area contributed by atoms with Gasteiger partial charge < -0.3 is 25.0 Å². The summed E-state index contributed by atoms with van der Waals surface area (Å²) in [6.07, 6.45) is 2.98. The number of piperazine rings is 1. The minimum Gasteiger partial charge on any atom is -0.452 e. The standard InChI is InChI=1S/C26H31N9O5S/c1-39-26(38)35-19(2-3-20(35)36)24(37)34-6-4-32(5-7-34)15-17-12-18-21(41-17)23(33-8-10-40-11-9-33)31-22(30-18)16-13-28-25(27)29-14-16/h12-14,19H,2-11,15H2,1H3,(H2,27,28,29)/t19-/m1/s1. The smallest absolute Gasteiger partial charge is 0.416 e. The van der Waals surface area contributed by atoms with Crippen molar-refractivity contribution < 1.29 is 23.9 Å². The fraction of sp³-hybridized carbons (Fsp3) is 0.500. The lowest BCUT2D eigenvalue weighted by atomic mass is 10.1. The van der Waals surface area contributed by atoms with Gasteiger partial charge in [-0.05, 0) is 12.5 Å². The summed E-state index contributed by atoms with van der Waals surface area (Å²) in [5.41, 5.74) is 7.23. The van der Waals surface area contributed by atoms with E-state index in [0.29, 0.717) is 63.7 Å². The molecule has 0 aromatic carbocycles. The molecule has 15 heteroatoms. The number of methoxy groups -OCH3 is 1. The molecule has 6 heterocycles. The summed E-state index contributed by atoms with van der Waals surface area (Å²) in [6, 6.07) is 1.31. The summed E-state index contributed by atoms with van der Waals surface area (Å²) < 4.78 is 11.3. The average Bonchev–Trinajstić information content (AvgIpc) is 3.59. The molecule has 6 rings (SSSR count). The van der Waals surface area contributed by atoms with Gasteiger partial charge in [0.15, 0.2) is 11.6 Å². The fourth-order valence-corrected chi connectivity index (χ4v) is 6.57. The number of imide groups is 1. The second-order valence-electron chi connectivity index (χ2n) is 10.1. The molecule has 0 spiro atoms. The summed E-state index contributed by atoms with van der Waals surface area (Å²) in [5, 5.41) is 0. The van der Waals surface area contributed by atoms with Gasteiger partial charge in [-0.25, -0.2) is 29.6 Å². The highest BCUT2D eigenvalue weighted by atomic mass is 32.1. The molecule has 3 aromatic rings. The maximum absolute atomic E-state index is 13.2. The number of fused-ring (bicyclic) bond motifs is 1. The quantitative estimate of drug-likeness (QED) is 0.455. The van der Waals surface area contributed by atoms with Crippen molar-refractivity contribution in [1.29, 1.82) is 0 Å². The molecule has 1 atom stereocenters. The predicted octanol–water partition coefficient (Wildman–Crippen LogP) is 0.969. The van der Waals surface area contributed by atoms with E-state index in [1.165, 1.54) is 7.11 Å². The number of carbonyl (C=O) groups is 3. The number of nitrogens with zero attached hydrogens (tertiary/aromatic N) is 8. The van der Waals surface area contributed by atoms with E-state index in [-0.39, 0.29) is 24.2 Å². The van der Waals surface area contributed by atoms with Crippen LogP contribution in [0, 0.1) is 0 Å². The molecular formula is C26H31N9O5S. The number of thiophene rings is 1. The van der Waals surface area contributed by atoms with E-state index in [2.05, 4.69) is 25.8 Å². The summed E-state index contributed by atoms with van der Waals surface area (Å²) in [6.45, 7) is 5.86. The number of anilines is 2. The lowest BCUT2D eigenvalue weighted by Crippen LogP contribution is -2.54. The van der Waals surface area contributed by atoms with Crippen molar-refractivity contribution in [3.63, 3.8) is 0 Å². The van der Waals surface area contributed by atoms with E-state index in [1.807, 2.05) is 0 Å². The van der Waals surface area contributed by atoms with E-state index in [1.54, 1.807) is 28.6 Å². The normalized spacial score (nSPS) is 20.2. The van der Waals surface area contributed by atoms with Gasteiger partial charge in [-0.2, -0.15) is 0 Å². The number of amides is 3. The summed E-state index contributed by atoms with van der Waals surface area (Å²) in [5.74, 6) is 1.04. The molecule has 0 unspecified atom stereocenters. The number of hydrogen-bond acceptors (Lipinski definition) is 13. The third kappa shape index (κ3) is 5.52. The van der Waals surface area contributed by atoms with E-state index < -0.39 is 12.1 Å². The Kier molecular flexibility index (Phi) is 7.64. The number of likely N-dealkylation sites (tertiary alicyclic amines) is 1. The van der Waals surface area contributed by atoms with Crippen LogP contribution in [0.1, 0.15) is 17.7 Å². The molecule has 2 N–H and O–H groups in total. The van der Waals surface area contributed by atoms with Gasteiger partial charge in [0.25, 0.3) is 0 Å². The van der Waals surface area contributed by atoms with Crippen LogP contribution in [0.15, 0.2) is 18.5 Å². The number of nitrogens with two attached hydrogens (primary N) is 1. The molecule has 0 saturated carbocycles. The lowest BCUT2D eigenvalue weighted by Gasteiger charge is -2.36. The highest BCUT2D eigenvalue weighted by Gasteiger charge is 2.43. The van der Waals surface area contributed by atoms with E-state index in [9.17, 15) is 14.4 Å². The Bertz CT molecular complexity index is 1450. The Morgan fingerprint density at radius 1 is 1.10 bits per heavy atom. The first-order valence-corrected chi connectivity index (χ1v) is 14.3. The SMILES string of the molecule is COC(=O)N1C(=O)CC[C@@H]1C(=O)N1CCN(Cc2cc3nc(-c4cnc(N)nc4)nc(N4CCOCC4)c3s2)CC1. The minimum absolute atomic E-state index is 0.166. The average molecular weight is 582 g/mol. The largest absolute Gasteiger partial charge is 0.452 e. The topological polar surface area (TPSA) is 160 Å².